The Kier molecular flexibility index (Phi) is 5.76. The smallest absolute Gasteiger partial charge is 0.334 e. The lowest BCUT2D eigenvalue weighted by Gasteiger charge is -2.34. The van der Waals surface area contributed by atoms with Crippen LogP contribution in [-0.4, -0.2) is 77.6 Å². The zero-order valence-corrected chi connectivity index (χ0v) is 14.8. The summed E-state index contributed by atoms with van der Waals surface area (Å²) in [6.45, 7) is 1.15. The molecule has 6 amide bonds. The van der Waals surface area contributed by atoms with Gasteiger partial charge in [-0.25, -0.2) is 9.69 Å². The van der Waals surface area contributed by atoms with Gasteiger partial charge in [0.1, 0.15) is 6.54 Å². The second-order valence-corrected chi connectivity index (χ2v) is 6.74. The highest BCUT2D eigenvalue weighted by Crippen LogP contribution is 2.31. The van der Waals surface area contributed by atoms with Crippen LogP contribution in [0, 0.1) is 5.92 Å². The molecule has 1 N–H and O–H groups in total. The van der Waals surface area contributed by atoms with E-state index in [2.05, 4.69) is 5.32 Å². The van der Waals surface area contributed by atoms with Gasteiger partial charge in [0.15, 0.2) is 0 Å². The van der Waals surface area contributed by atoms with Crippen LogP contribution >= 0.6 is 0 Å². The first kappa shape index (κ1) is 18.9. The van der Waals surface area contributed by atoms with Crippen LogP contribution in [0.15, 0.2) is 0 Å². The number of nitrogens with one attached hydrogen (secondary N) is 1. The molecule has 2 rings (SSSR count). The number of amides is 6. The van der Waals surface area contributed by atoms with E-state index in [1.807, 2.05) is 6.92 Å². The van der Waals surface area contributed by atoms with Crippen LogP contribution in [0.4, 0.5) is 4.79 Å². The summed E-state index contributed by atoms with van der Waals surface area (Å²) in [6, 6.07) is -1.05. The molecule has 2 atom stereocenters. The van der Waals surface area contributed by atoms with E-state index in [-0.39, 0.29) is 24.4 Å². The third kappa shape index (κ3) is 3.97. The highest BCUT2D eigenvalue weighted by molar-refractivity contribution is 6.45. The van der Waals surface area contributed by atoms with Gasteiger partial charge in [0.05, 0.1) is 6.54 Å². The Balaban J connectivity index is 2.01. The lowest BCUT2D eigenvalue weighted by atomic mass is 9.85. The van der Waals surface area contributed by atoms with Crippen LogP contribution in [-0.2, 0) is 19.2 Å². The number of imide groups is 2. The summed E-state index contributed by atoms with van der Waals surface area (Å²) in [4.78, 5) is 63.2. The summed E-state index contributed by atoms with van der Waals surface area (Å²) >= 11 is 0. The Labute approximate surface area is 146 Å². The largest absolute Gasteiger partial charge is 0.347 e. The predicted molar refractivity (Wildman–Crippen MR) is 87.1 cm³/mol. The van der Waals surface area contributed by atoms with Crippen LogP contribution in [0.2, 0.25) is 0 Å². The second kappa shape index (κ2) is 7.62. The summed E-state index contributed by atoms with van der Waals surface area (Å²) in [5, 5.41) is 2.34. The molecule has 0 aromatic carbocycles. The molecule has 9 nitrogen and oxygen atoms in total. The average molecular weight is 352 g/mol. The quantitative estimate of drug-likeness (QED) is 0.533. The number of urea groups is 1. The van der Waals surface area contributed by atoms with Gasteiger partial charge in [-0.2, -0.15) is 0 Å². The number of hydrogen-bond acceptors (Lipinski definition) is 5. The maximum absolute atomic E-state index is 12.5. The molecule has 0 spiro atoms. The summed E-state index contributed by atoms with van der Waals surface area (Å²) in [7, 11) is 3.09. The highest BCUT2D eigenvalue weighted by Gasteiger charge is 2.49. The van der Waals surface area contributed by atoms with Crippen molar-refractivity contribution in [1.29, 1.82) is 0 Å². The van der Waals surface area contributed by atoms with Crippen molar-refractivity contribution >= 4 is 29.7 Å². The number of nitrogens with zero attached hydrogens (tertiary/aromatic N) is 3. The molecule has 0 unspecified atom stereocenters. The van der Waals surface area contributed by atoms with Gasteiger partial charge in [-0.3, -0.25) is 24.1 Å². The number of rotatable bonds is 5. The summed E-state index contributed by atoms with van der Waals surface area (Å²) in [5.41, 5.74) is 0. The van der Waals surface area contributed by atoms with Crippen LogP contribution in [0.3, 0.4) is 0 Å². The van der Waals surface area contributed by atoms with E-state index in [0.29, 0.717) is 11.3 Å². The SMILES string of the molecule is C[C@H]1CCCC[C@H]1N1C(=O)C(=O)N(CC(=O)NCC(=O)N(C)C)C1=O. The van der Waals surface area contributed by atoms with Gasteiger partial charge in [-0.05, 0) is 18.8 Å². The first-order chi connectivity index (χ1) is 11.7. The normalized spacial score (nSPS) is 23.9. The van der Waals surface area contributed by atoms with E-state index in [0.717, 1.165) is 24.2 Å². The maximum atomic E-state index is 12.5. The molecule has 138 valence electrons. The number of carbonyl (C=O) groups excluding carboxylic acids is 5. The van der Waals surface area contributed by atoms with Crippen LogP contribution < -0.4 is 5.32 Å². The minimum absolute atomic E-state index is 0.126. The molecule has 0 aromatic heterocycles. The first-order valence-corrected chi connectivity index (χ1v) is 8.40. The molecule has 1 saturated heterocycles. The van der Waals surface area contributed by atoms with Crippen molar-refractivity contribution < 1.29 is 24.0 Å². The molecule has 0 bridgehead atoms. The lowest BCUT2D eigenvalue weighted by molar-refractivity contribution is -0.145. The molecule has 1 heterocycles. The molecule has 1 aliphatic heterocycles. The van der Waals surface area contributed by atoms with E-state index in [1.165, 1.54) is 4.90 Å². The lowest BCUT2D eigenvalue weighted by Crippen LogP contribution is -2.47. The van der Waals surface area contributed by atoms with Gasteiger partial charge >= 0.3 is 17.8 Å². The summed E-state index contributed by atoms with van der Waals surface area (Å²) in [6.07, 6.45) is 3.49. The maximum Gasteiger partial charge on any atom is 0.334 e. The molecule has 2 fully saturated rings. The van der Waals surface area contributed by atoms with Gasteiger partial charge in [-0.1, -0.05) is 19.8 Å². The Morgan fingerprint density at radius 2 is 1.76 bits per heavy atom. The van der Waals surface area contributed by atoms with E-state index in [9.17, 15) is 24.0 Å². The van der Waals surface area contributed by atoms with E-state index in [4.69, 9.17) is 0 Å². The van der Waals surface area contributed by atoms with E-state index < -0.39 is 30.3 Å². The Hall–Kier alpha value is -2.45. The van der Waals surface area contributed by atoms with Gasteiger partial charge in [0.2, 0.25) is 11.8 Å². The first-order valence-electron chi connectivity index (χ1n) is 8.40. The van der Waals surface area contributed by atoms with Crippen LogP contribution in [0.1, 0.15) is 32.6 Å². The van der Waals surface area contributed by atoms with Crippen molar-refractivity contribution in [2.45, 2.75) is 38.6 Å². The van der Waals surface area contributed by atoms with Crippen molar-refractivity contribution in [3.05, 3.63) is 0 Å². The Bertz CT molecular complexity index is 603. The van der Waals surface area contributed by atoms with Gasteiger partial charge in [0.25, 0.3) is 0 Å². The molecular formula is C16H24N4O5. The molecule has 2 aliphatic rings. The van der Waals surface area contributed by atoms with E-state index >= 15 is 0 Å². The van der Waals surface area contributed by atoms with Crippen molar-refractivity contribution in [2.24, 2.45) is 5.92 Å². The monoisotopic (exact) mass is 352 g/mol. The molecule has 9 heteroatoms. The zero-order valence-electron chi connectivity index (χ0n) is 14.8. The molecule has 0 aromatic rings. The van der Waals surface area contributed by atoms with Crippen molar-refractivity contribution in [2.75, 3.05) is 27.2 Å². The Morgan fingerprint density at radius 3 is 2.36 bits per heavy atom. The highest BCUT2D eigenvalue weighted by atomic mass is 16.2. The molecule has 25 heavy (non-hydrogen) atoms. The van der Waals surface area contributed by atoms with Crippen molar-refractivity contribution in [3.8, 4) is 0 Å². The fourth-order valence-electron chi connectivity index (χ4n) is 3.17. The third-order valence-electron chi connectivity index (χ3n) is 4.72. The van der Waals surface area contributed by atoms with Crippen LogP contribution in [0.5, 0.6) is 0 Å². The fourth-order valence-corrected chi connectivity index (χ4v) is 3.17. The predicted octanol–water partition coefficient (Wildman–Crippen LogP) is -0.440. The molecule has 1 aliphatic carbocycles. The third-order valence-corrected chi connectivity index (χ3v) is 4.72. The topological polar surface area (TPSA) is 107 Å². The zero-order chi connectivity index (χ0) is 18.7. The molecule has 1 saturated carbocycles. The standard InChI is InChI=1S/C16H24N4O5/c1-10-6-4-5-7-11(10)20-15(24)14(23)19(16(20)25)9-12(21)17-8-13(22)18(2)3/h10-11H,4-9H2,1-3H3,(H,17,21)/t10-,11+/m0/s1. The minimum atomic E-state index is -0.989. The van der Waals surface area contributed by atoms with E-state index in [1.54, 1.807) is 14.1 Å². The number of likely N-dealkylation sites (N-methyl/N-ethyl adjacent to an activating group) is 1. The van der Waals surface area contributed by atoms with Gasteiger partial charge in [-0.15, -0.1) is 0 Å². The Morgan fingerprint density at radius 1 is 1.12 bits per heavy atom. The van der Waals surface area contributed by atoms with Crippen LogP contribution in [0.25, 0.3) is 0 Å². The molecular weight excluding hydrogens is 328 g/mol. The van der Waals surface area contributed by atoms with Gasteiger partial charge in [0, 0.05) is 20.1 Å². The van der Waals surface area contributed by atoms with Crippen molar-refractivity contribution in [1.82, 2.24) is 20.0 Å². The summed E-state index contributed by atoms with van der Waals surface area (Å²) in [5.74, 6) is -2.72. The minimum Gasteiger partial charge on any atom is -0.347 e. The van der Waals surface area contributed by atoms with Crippen molar-refractivity contribution in [3.63, 3.8) is 0 Å². The average Bonchev–Trinajstić information content (AvgIpc) is 2.77. The second-order valence-electron chi connectivity index (χ2n) is 6.74. The summed E-state index contributed by atoms with van der Waals surface area (Å²) < 4.78 is 0. The number of carbonyl (C=O) groups is 5. The number of hydrogen-bond donors (Lipinski definition) is 1. The van der Waals surface area contributed by atoms with Gasteiger partial charge < -0.3 is 10.2 Å². The molecule has 0 radical (unpaired) electrons. The fraction of sp³-hybridized carbons (Fsp3) is 0.688.